The second kappa shape index (κ2) is 6.75. The predicted molar refractivity (Wildman–Crippen MR) is 75.6 cm³/mol. The lowest BCUT2D eigenvalue weighted by Crippen LogP contribution is -2.26. The third kappa shape index (κ3) is 4.26. The molecule has 1 aromatic carbocycles. The van der Waals surface area contributed by atoms with Crippen LogP contribution in [0.3, 0.4) is 0 Å². The van der Waals surface area contributed by atoms with Crippen molar-refractivity contribution in [2.45, 2.75) is 11.4 Å². The van der Waals surface area contributed by atoms with Crippen LogP contribution in [0.2, 0.25) is 0 Å². The second-order valence-corrected chi connectivity index (χ2v) is 6.93. The molecule has 0 saturated carbocycles. The van der Waals surface area contributed by atoms with Gasteiger partial charge in [-0.2, -0.15) is 11.8 Å². The Morgan fingerprint density at radius 3 is 2.71 bits per heavy atom. The summed E-state index contributed by atoms with van der Waals surface area (Å²) in [5, 5.41) is 0. The first-order valence-electron chi connectivity index (χ1n) is 4.98. The number of rotatable bonds is 6. The SMILES string of the molecule is CSCCNS(=O)(=O)c1ccc(CN)cc1Br. The third-order valence-corrected chi connectivity index (χ3v) is 5.17. The Kier molecular flexibility index (Phi) is 5.94. The molecule has 1 aromatic rings. The molecule has 0 unspecified atom stereocenters. The van der Waals surface area contributed by atoms with Gasteiger partial charge in [-0.1, -0.05) is 6.07 Å². The first-order chi connectivity index (χ1) is 8.01. The van der Waals surface area contributed by atoms with Crippen LogP contribution >= 0.6 is 27.7 Å². The summed E-state index contributed by atoms with van der Waals surface area (Å²) in [6.07, 6.45) is 1.93. The van der Waals surface area contributed by atoms with E-state index in [1.807, 2.05) is 6.26 Å². The molecule has 0 aliphatic carbocycles. The van der Waals surface area contributed by atoms with Gasteiger partial charge in [0, 0.05) is 23.3 Å². The van der Waals surface area contributed by atoms with E-state index in [4.69, 9.17) is 5.73 Å². The minimum atomic E-state index is -3.44. The van der Waals surface area contributed by atoms with Crippen LogP contribution in [-0.2, 0) is 16.6 Å². The van der Waals surface area contributed by atoms with Crippen molar-refractivity contribution in [2.75, 3.05) is 18.6 Å². The molecule has 7 heteroatoms. The molecule has 0 aliphatic rings. The van der Waals surface area contributed by atoms with E-state index in [1.54, 1.807) is 30.0 Å². The number of sulfonamides is 1. The average Bonchev–Trinajstić information content (AvgIpc) is 2.28. The molecule has 4 nitrogen and oxygen atoms in total. The van der Waals surface area contributed by atoms with Gasteiger partial charge in [-0.3, -0.25) is 0 Å². The highest BCUT2D eigenvalue weighted by Crippen LogP contribution is 2.22. The van der Waals surface area contributed by atoms with Gasteiger partial charge >= 0.3 is 0 Å². The van der Waals surface area contributed by atoms with E-state index in [0.717, 1.165) is 11.3 Å². The second-order valence-electron chi connectivity index (χ2n) is 3.36. The molecule has 0 amide bonds. The van der Waals surface area contributed by atoms with Gasteiger partial charge in [-0.25, -0.2) is 13.1 Å². The Morgan fingerprint density at radius 2 is 2.18 bits per heavy atom. The molecule has 0 saturated heterocycles. The fraction of sp³-hybridized carbons (Fsp3) is 0.400. The Hall–Kier alpha value is -0.0800. The minimum Gasteiger partial charge on any atom is -0.326 e. The van der Waals surface area contributed by atoms with E-state index < -0.39 is 10.0 Å². The lowest BCUT2D eigenvalue weighted by Gasteiger charge is -2.09. The van der Waals surface area contributed by atoms with Crippen molar-refractivity contribution in [3.05, 3.63) is 28.2 Å². The van der Waals surface area contributed by atoms with Gasteiger partial charge < -0.3 is 5.73 Å². The van der Waals surface area contributed by atoms with Gasteiger partial charge in [0.2, 0.25) is 10.0 Å². The van der Waals surface area contributed by atoms with Crippen LogP contribution in [0.25, 0.3) is 0 Å². The molecule has 0 heterocycles. The number of thioether (sulfide) groups is 1. The van der Waals surface area contributed by atoms with Gasteiger partial charge in [-0.05, 0) is 39.9 Å². The van der Waals surface area contributed by atoms with Gasteiger partial charge in [-0.15, -0.1) is 0 Å². The van der Waals surface area contributed by atoms with Crippen LogP contribution in [0.1, 0.15) is 5.56 Å². The maximum Gasteiger partial charge on any atom is 0.241 e. The Balaban J connectivity index is 2.91. The zero-order valence-corrected chi connectivity index (χ0v) is 12.7. The molecule has 0 bridgehead atoms. The van der Waals surface area contributed by atoms with Crippen LogP contribution in [0, 0.1) is 0 Å². The van der Waals surface area contributed by atoms with E-state index >= 15 is 0 Å². The van der Waals surface area contributed by atoms with Crippen molar-refractivity contribution in [1.82, 2.24) is 4.72 Å². The summed E-state index contributed by atoms with van der Waals surface area (Å²) in [5.74, 6) is 0.748. The minimum absolute atomic E-state index is 0.246. The molecule has 0 aromatic heterocycles. The number of hydrogen-bond acceptors (Lipinski definition) is 4. The van der Waals surface area contributed by atoms with Crippen molar-refractivity contribution in [3.8, 4) is 0 Å². The molecule has 0 radical (unpaired) electrons. The van der Waals surface area contributed by atoms with E-state index in [0.29, 0.717) is 17.6 Å². The lowest BCUT2D eigenvalue weighted by atomic mass is 10.2. The standard InChI is InChI=1S/C10H15BrN2O2S2/c1-16-5-4-13-17(14,15)10-3-2-8(7-12)6-9(10)11/h2-3,6,13H,4-5,7,12H2,1H3. The molecule has 0 atom stereocenters. The summed E-state index contributed by atoms with van der Waals surface area (Å²) in [7, 11) is -3.44. The van der Waals surface area contributed by atoms with Crippen molar-refractivity contribution in [3.63, 3.8) is 0 Å². The zero-order chi connectivity index (χ0) is 12.9. The van der Waals surface area contributed by atoms with Crippen molar-refractivity contribution in [1.29, 1.82) is 0 Å². The summed E-state index contributed by atoms with van der Waals surface area (Å²) in [6.45, 7) is 0.813. The quantitative estimate of drug-likeness (QED) is 0.772. The highest BCUT2D eigenvalue weighted by atomic mass is 79.9. The summed E-state index contributed by atoms with van der Waals surface area (Å²) in [6, 6.07) is 5.00. The van der Waals surface area contributed by atoms with Crippen molar-refractivity contribution >= 4 is 37.7 Å². The summed E-state index contributed by atoms with van der Waals surface area (Å²) in [5.41, 5.74) is 6.38. The van der Waals surface area contributed by atoms with Gasteiger partial charge in [0.25, 0.3) is 0 Å². The maximum absolute atomic E-state index is 11.9. The Labute approximate surface area is 115 Å². The normalized spacial score (nSPS) is 11.7. The van der Waals surface area contributed by atoms with E-state index in [2.05, 4.69) is 20.7 Å². The number of nitrogens with two attached hydrogens (primary N) is 1. The van der Waals surface area contributed by atoms with E-state index in [9.17, 15) is 8.42 Å². The van der Waals surface area contributed by atoms with Crippen LogP contribution in [0.15, 0.2) is 27.6 Å². The summed E-state index contributed by atoms with van der Waals surface area (Å²) in [4.78, 5) is 0.246. The first-order valence-corrected chi connectivity index (χ1v) is 8.65. The molecule has 0 fully saturated rings. The number of nitrogens with one attached hydrogen (secondary N) is 1. The molecule has 0 aliphatic heterocycles. The molecule has 3 N–H and O–H groups in total. The smallest absolute Gasteiger partial charge is 0.241 e. The fourth-order valence-corrected chi connectivity index (χ4v) is 3.84. The molecule has 17 heavy (non-hydrogen) atoms. The topological polar surface area (TPSA) is 72.2 Å². The van der Waals surface area contributed by atoms with Crippen LogP contribution in [0.5, 0.6) is 0 Å². The van der Waals surface area contributed by atoms with E-state index in [-0.39, 0.29) is 4.90 Å². The predicted octanol–water partition coefficient (Wildman–Crippen LogP) is 1.55. The molecular formula is C10H15BrN2O2S2. The molecular weight excluding hydrogens is 324 g/mol. The molecule has 0 spiro atoms. The highest BCUT2D eigenvalue weighted by molar-refractivity contribution is 9.10. The highest BCUT2D eigenvalue weighted by Gasteiger charge is 2.16. The van der Waals surface area contributed by atoms with Crippen molar-refractivity contribution < 1.29 is 8.42 Å². The average molecular weight is 339 g/mol. The van der Waals surface area contributed by atoms with Crippen LogP contribution in [-0.4, -0.2) is 27.0 Å². The van der Waals surface area contributed by atoms with Crippen LogP contribution in [0.4, 0.5) is 0 Å². The number of halogens is 1. The third-order valence-electron chi connectivity index (χ3n) is 2.12. The van der Waals surface area contributed by atoms with Crippen molar-refractivity contribution in [2.24, 2.45) is 5.73 Å². The van der Waals surface area contributed by atoms with Gasteiger partial charge in [0.1, 0.15) is 0 Å². The fourth-order valence-electron chi connectivity index (χ4n) is 1.25. The van der Waals surface area contributed by atoms with Gasteiger partial charge in [0.15, 0.2) is 0 Å². The number of benzene rings is 1. The largest absolute Gasteiger partial charge is 0.326 e. The number of hydrogen-bond donors (Lipinski definition) is 2. The van der Waals surface area contributed by atoms with Gasteiger partial charge in [0.05, 0.1) is 4.90 Å². The summed E-state index contributed by atoms with van der Waals surface area (Å²) < 4.78 is 27.0. The van der Waals surface area contributed by atoms with E-state index in [1.165, 1.54) is 0 Å². The van der Waals surface area contributed by atoms with Crippen LogP contribution < -0.4 is 10.5 Å². The lowest BCUT2D eigenvalue weighted by molar-refractivity contribution is 0.583. The zero-order valence-electron chi connectivity index (χ0n) is 9.44. The molecule has 1 rings (SSSR count). The molecule has 96 valence electrons. The monoisotopic (exact) mass is 338 g/mol. The first kappa shape index (κ1) is 15.0. The Bertz CT molecular complexity index is 477. The Morgan fingerprint density at radius 1 is 1.47 bits per heavy atom. The summed E-state index contributed by atoms with van der Waals surface area (Å²) >= 11 is 4.85. The maximum atomic E-state index is 11.9.